The van der Waals surface area contributed by atoms with Crippen LogP contribution in [0.15, 0.2) is 18.2 Å². The number of aromatic nitrogens is 1. The van der Waals surface area contributed by atoms with Crippen LogP contribution in [0.1, 0.15) is 36.9 Å². The van der Waals surface area contributed by atoms with Gasteiger partial charge in [-0.2, -0.15) is 0 Å². The standard InChI is InChI=1S/C18H22N4O3S/c1-11-4-5-12(2)14(10-11)16(23)20-21-17(24)15-13(3)19-18(26-15)22-6-8-25-9-7-22/h4-5,10H,6-9H2,1-3H3,(H,20,23)(H,21,24). The van der Waals surface area contributed by atoms with E-state index in [1.54, 1.807) is 13.0 Å². The summed E-state index contributed by atoms with van der Waals surface area (Å²) < 4.78 is 5.34. The molecule has 1 aliphatic rings. The van der Waals surface area contributed by atoms with Gasteiger partial charge in [0.15, 0.2) is 5.13 Å². The number of carbonyl (C=O) groups is 2. The van der Waals surface area contributed by atoms with Crippen LogP contribution in [0.3, 0.4) is 0 Å². The summed E-state index contributed by atoms with van der Waals surface area (Å²) in [4.78, 5) is 31.9. The molecule has 2 heterocycles. The van der Waals surface area contributed by atoms with E-state index < -0.39 is 0 Å². The Hall–Kier alpha value is -2.45. The van der Waals surface area contributed by atoms with Crippen LogP contribution in [0.2, 0.25) is 0 Å². The molecule has 1 aliphatic heterocycles. The topological polar surface area (TPSA) is 83.6 Å². The lowest BCUT2D eigenvalue weighted by Crippen LogP contribution is -2.41. The summed E-state index contributed by atoms with van der Waals surface area (Å²) in [5, 5.41) is 0.803. The van der Waals surface area contributed by atoms with Crippen LogP contribution in [-0.2, 0) is 4.74 Å². The Morgan fingerprint density at radius 1 is 1.12 bits per heavy atom. The average molecular weight is 374 g/mol. The normalized spacial score (nSPS) is 14.2. The van der Waals surface area contributed by atoms with Gasteiger partial charge in [0.1, 0.15) is 4.88 Å². The molecule has 0 saturated carbocycles. The Kier molecular flexibility index (Phi) is 5.53. The molecule has 8 heteroatoms. The molecule has 1 aromatic heterocycles. The number of carbonyl (C=O) groups excluding carboxylic acids is 2. The number of ether oxygens (including phenoxy) is 1. The second kappa shape index (κ2) is 7.84. The quantitative estimate of drug-likeness (QED) is 0.803. The van der Waals surface area contributed by atoms with Gasteiger partial charge >= 0.3 is 0 Å². The van der Waals surface area contributed by atoms with Crippen molar-refractivity contribution in [3.05, 3.63) is 45.5 Å². The minimum absolute atomic E-state index is 0.338. The number of amides is 2. The number of rotatable bonds is 3. The van der Waals surface area contributed by atoms with Crippen molar-refractivity contribution in [3.63, 3.8) is 0 Å². The van der Waals surface area contributed by atoms with Crippen LogP contribution in [0, 0.1) is 20.8 Å². The molecule has 2 amide bonds. The zero-order chi connectivity index (χ0) is 18.7. The number of nitrogens with one attached hydrogen (secondary N) is 2. The van der Waals surface area contributed by atoms with E-state index in [9.17, 15) is 9.59 Å². The fraction of sp³-hybridized carbons (Fsp3) is 0.389. The Bertz CT molecular complexity index is 828. The molecule has 1 fully saturated rings. The zero-order valence-electron chi connectivity index (χ0n) is 15.1. The van der Waals surface area contributed by atoms with Crippen molar-refractivity contribution in [1.82, 2.24) is 15.8 Å². The van der Waals surface area contributed by atoms with Crippen molar-refractivity contribution in [2.45, 2.75) is 20.8 Å². The van der Waals surface area contributed by atoms with Gasteiger partial charge in [-0.15, -0.1) is 0 Å². The molecule has 0 radical (unpaired) electrons. The summed E-state index contributed by atoms with van der Waals surface area (Å²) in [7, 11) is 0. The summed E-state index contributed by atoms with van der Waals surface area (Å²) in [5.74, 6) is -0.701. The van der Waals surface area contributed by atoms with Gasteiger partial charge in [0, 0.05) is 18.7 Å². The molecule has 1 saturated heterocycles. The van der Waals surface area contributed by atoms with E-state index in [0.717, 1.165) is 29.3 Å². The SMILES string of the molecule is Cc1ccc(C)c(C(=O)NNC(=O)c2sc(N3CCOCC3)nc2C)c1. The van der Waals surface area contributed by atoms with Crippen molar-refractivity contribution in [2.24, 2.45) is 0 Å². The summed E-state index contributed by atoms with van der Waals surface area (Å²) in [6, 6.07) is 5.62. The Balaban J connectivity index is 1.65. The average Bonchev–Trinajstić information content (AvgIpc) is 3.04. The van der Waals surface area contributed by atoms with Crippen LogP contribution in [0.5, 0.6) is 0 Å². The fourth-order valence-electron chi connectivity index (χ4n) is 2.70. The second-order valence-electron chi connectivity index (χ2n) is 6.24. The number of thiazole rings is 1. The molecule has 26 heavy (non-hydrogen) atoms. The van der Waals surface area contributed by atoms with Crippen molar-refractivity contribution in [1.29, 1.82) is 0 Å². The van der Waals surface area contributed by atoms with E-state index in [0.29, 0.717) is 29.3 Å². The van der Waals surface area contributed by atoms with Gasteiger partial charge in [-0.25, -0.2) is 4.98 Å². The number of hydrazine groups is 1. The first-order valence-corrected chi connectivity index (χ1v) is 9.25. The van der Waals surface area contributed by atoms with E-state index in [1.807, 2.05) is 26.0 Å². The molecule has 2 aromatic rings. The lowest BCUT2D eigenvalue weighted by atomic mass is 10.1. The largest absolute Gasteiger partial charge is 0.378 e. The van der Waals surface area contributed by atoms with Crippen molar-refractivity contribution < 1.29 is 14.3 Å². The zero-order valence-corrected chi connectivity index (χ0v) is 15.9. The number of hydrogen-bond donors (Lipinski definition) is 2. The molecular formula is C18H22N4O3S. The maximum Gasteiger partial charge on any atom is 0.281 e. The van der Waals surface area contributed by atoms with Crippen molar-refractivity contribution >= 4 is 28.3 Å². The third kappa shape index (κ3) is 4.03. The summed E-state index contributed by atoms with van der Waals surface area (Å²) >= 11 is 1.32. The second-order valence-corrected chi connectivity index (χ2v) is 7.21. The van der Waals surface area contributed by atoms with Gasteiger partial charge in [-0.05, 0) is 32.4 Å². The van der Waals surface area contributed by atoms with E-state index in [-0.39, 0.29) is 11.8 Å². The minimum atomic E-state index is -0.363. The van der Waals surface area contributed by atoms with E-state index in [4.69, 9.17) is 4.74 Å². The van der Waals surface area contributed by atoms with Crippen LogP contribution in [0.4, 0.5) is 5.13 Å². The predicted molar refractivity (Wildman–Crippen MR) is 101 cm³/mol. The van der Waals surface area contributed by atoms with E-state index in [2.05, 4.69) is 20.7 Å². The number of morpholine rings is 1. The highest BCUT2D eigenvalue weighted by molar-refractivity contribution is 7.17. The van der Waals surface area contributed by atoms with Crippen molar-refractivity contribution in [2.75, 3.05) is 31.2 Å². The van der Waals surface area contributed by atoms with E-state index in [1.165, 1.54) is 11.3 Å². The van der Waals surface area contributed by atoms with Crippen molar-refractivity contribution in [3.8, 4) is 0 Å². The molecule has 0 atom stereocenters. The number of hydrogen-bond acceptors (Lipinski definition) is 6. The first kappa shape index (κ1) is 18.3. The van der Waals surface area contributed by atoms with Gasteiger partial charge in [0.05, 0.1) is 18.9 Å². The first-order chi connectivity index (χ1) is 12.5. The van der Waals surface area contributed by atoms with E-state index >= 15 is 0 Å². The number of nitrogens with zero attached hydrogens (tertiary/aromatic N) is 2. The summed E-state index contributed by atoms with van der Waals surface area (Å²) in [6.45, 7) is 8.41. The number of anilines is 1. The Labute approximate surface area is 156 Å². The number of aryl methyl sites for hydroxylation is 3. The molecule has 0 aliphatic carbocycles. The summed E-state index contributed by atoms with van der Waals surface area (Å²) in [5.41, 5.74) is 8.01. The maximum absolute atomic E-state index is 12.5. The molecule has 2 N–H and O–H groups in total. The van der Waals surface area contributed by atoms with Gasteiger partial charge in [0.2, 0.25) is 0 Å². The van der Waals surface area contributed by atoms with Crippen LogP contribution in [-0.4, -0.2) is 43.1 Å². The van der Waals surface area contributed by atoms with Crippen LogP contribution < -0.4 is 15.8 Å². The van der Waals surface area contributed by atoms with Crippen LogP contribution in [0.25, 0.3) is 0 Å². The summed E-state index contributed by atoms with van der Waals surface area (Å²) in [6.07, 6.45) is 0. The number of benzene rings is 1. The maximum atomic E-state index is 12.5. The highest BCUT2D eigenvalue weighted by Crippen LogP contribution is 2.26. The molecule has 3 rings (SSSR count). The molecule has 0 unspecified atom stereocenters. The fourth-order valence-corrected chi connectivity index (χ4v) is 3.71. The Morgan fingerprint density at radius 2 is 1.81 bits per heavy atom. The lowest BCUT2D eigenvalue weighted by Gasteiger charge is -2.25. The van der Waals surface area contributed by atoms with Gasteiger partial charge in [-0.3, -0.25) is 20.4 Å². The predicted octanol–water partition coefficient (Wildman–Crippen LogP) is 1.98. The van der Waals surface area contributed by atoms with Crippen LogP contribution >= 0.6 is 11.3 Å². The third-order valence-corrected chi connectivity index (χ3v) is 5.42. The van der Waals surface area contributed by atoms with Gasteiger partial charge < -0.3 is 9.64 Å². The van der Waals surface area contributed by atoms with Gasteiger partial charge in [-0.1, -0.05) is 29.0 Å². The Morgan fingerprint density at radius 3 is 2.54 bits per heavy atom. The smallest absolute Gasteiger partial charge is 0.281 e. The molecule has 7 nitrogen and oxygen atoms in total. The highest BCUT2D eigenvalue weighted by atomic mass is 32.1. The first-order valence-electron chi connectivity index (χ1n) is 8.44. The molecule has 1 aromatic carbocycles. The van der Waals surface area contributed by atoms with Gasteiger partial charge in [0.25, 0.3) is 11.8 Å². The molecule has 0 spiro atoms. The lowest BCUT2D eigenvalue weighted by molar-refractivity contribution is 0.0848. The monoisotopic (exact) mass is 374 g/mol. The minimum Gasteiger partial charge on any atom is -0.378 e. The molecule has 0 bridgehead atoms. The highest BCUT2D eigenvalue weighted by Gasteiger charge is 2.21. The molecule has 138 valence electrons. The molecular weight excluding hydrogens is 352 g/mol. The third-order valence-electron chi connectivity index (χ3n) is 4.20.